The van der Waals surface area contributed by atoms with Crippen molar-refractivity contribution in [2.45, 2.75) is 81.6 Å². The minimum Gasteiger partial charge on any atom is -0.353 e. The molecule has 2 unspecified atom stereocenters. The zero-order valence-corrected chi connectivity index (χ0v) is 18.6. The first-order valence-electron chi connectivity index (χ1n) is 10.3. The monoisotopic (exact) mass is 466 g/mol. The number of anilines is 1. The van der Waals surface area contributed by atoms with E-state index in [1.54, 1.807) is 6.07 Å². The quantitative estimate of drug-likeness (QED) is 0.554. The van der Waals surface area contributed by atoms with Crippen LogP contribution in [0.5, 0.6) is 0 Å². The number of nitrogens with one attached hydrogen (secondary N) is 1. The van der Waals surface area contributed by atoms with E-state index in [4.69, 9.17) is 14.0 Å². The summed E-state index contributed by atoms with van der Waals surface area (Å²) in [6.45, 7) is 3.45. The Morgan fingerprint density at radius 1 is 1.39 bits per heavy atom. The number of nitrogens with zero attached hydrogens (tertiary/aromatic N) is 1. The number of hydrogen-bond acceptors (Lipinski definition) is 6. The van der Waals surface area contributed by atoms with E-state index in [-0.39, 0.29) is 24.3 Å². The lowest BCUT2D eigenvalue weighted by Crippen LogP contribution is -2.45. The third kappa shape index (κ3) is 5.81. The second-order valence-corrected chi connectivity index (χ2v) is 11.7. The minimum absolute atomic E-state index is 0.0537. The Kier molecular flexibility index (Phi) is 6.79. The molecule has 7 nitrogen and oxygen atoms in total. The van der Waals surface area contributed by atoms with Gasteiger partial charge in [-0.2, -0.15) is 13.2 Å². The fourth-order valence-corrected chi connectivity index (χ4v) is 4.85. The number of ether oxygens (including phenoxy) is 2. The van der Waals surface area contributed by atoms with Crippen LogP contribution in [-0.2, 0) is 29.4 Å². The largest absolute Gasteiger partial charge is 0.389 e. The normalized spacial score (nSPS) is 23.2. The number of amides is 1. The van der Waals surface area contributed by atoms with Gasteiger partial charge in [-0.05, 0) is 67.8 Å². The highest BCUT2D eigenvalue weighted by molar-refractivity contribution is 8.02. The molecular weight excluding hydrogens is 437 g/mol. The highest BCUT2D eigenvalue weighted by atomic mass is 32.2. The number of alkyl halides is 3. The molecule has 2 aliphatic rings. The van der Waals surface area contributed by atoms with E-state index in [1.807, 2.05) is 0 Å². The van der Waals surface area contributed by atoms with Crippen molar-refractivity contribution in [3.05, 3.63) is 11.8 Å². The number of carbonyl (C=O) groups excluding carboxylic acids is 1. The Hall–Kier alpha value is -1.59. The van der Waals surface area contributed by atoms with Gasteiger partial charge in [-0.25, -0.2) is 0 Å². The van der Waals surface area contributed by atoms with Crippen LogP contribution in [0, 0.1) is 0 Å². The summed E-state index contributed by atoms with van der Waals surface area (Å²) < 4.78 is 65.5. The van der Waals surface area contributed by atoms with Gasteiger partial charge in [-0.1, -0.05) is 5.16 Å². The molecule has 3 rings (SSSR count). The molecule has 0 bridgehead atoms. The number of halogens is 3. The molecule has 1 saturated carbocycles. The summed E-state index contributed by atoms with van der Waals surface area (Å²) in [6, 6.07) is 1.55. The standard InChI is InChI=1S/C20H29F3N2O5S/c1-18(2,31(3,27)12-6-8-20(21,22)23)17(26)24-15-13-14(25-30-15)19(9-10-19)29-16-7-4-5-11-28-16/h13,16H,3-12H2,1-2H3,(H,24,26). The fraction of sp³-hybridized carbons (Fsp3) is 0.750. The van der Waals surface area contributed by atoms with Gasteiger partial charge in [0.05, 0.1) is 0 Å². The molecule has 2 atom stereocenters. The summed E-state index contributed by atoms with van der Waals surface area (Å²) in [5.74, 6) is 2.64. The highest BCUT2D eigenvalue weighted by Gasteiger charge is 2.51. The lowest BCUT2D eigenvalue weighted by atomic mass is 10.2. The maximum atomic E-state index is 12.9. The Balaban J connectivity index is 1.60. The SMILES string of the molecule is C=S(=O)(CCCC(F)(F)F)C(C)(C)C(=O)Nc1cc(C2(OC3CCCCO3)CC2)no1. The Morgan fingerprint density at radius 2 is 2.10 bits per heavy atom. The van der Waals surface area contributed by atoms with Gasteiger partial charge in [-0.15, -0.1) is 0 Å². The van der Waals surface area contributed by atoms with Crippen molar-refractivity contribution >= 4 is 27.2 Å². The van der Waals surface area contributed by atoms with Gasteiger partial charge in [0.15, 0.2) is 6.29 Å². The van der Waals surface area contributed by atoms with Crippen molar-refractivity contribution < 1.29 is 36.2 Å². The second-order valence-electron chi connectivity index (χ2n) is 8.68. The number of rotatable bonds is 9. The van der Waals surface area contributed by atoms with Crippen LogP contribution in [0.3, 0.4) is 0 Å². The molecule has 1 aliphatic heterocycles. The molecule has 11 heteroatoms. The van der Waals surface area contributed by atoms with E-state index < -0.39 is 38.4 Å². The van der Waals surface area contributed by atoms with Crippen LogP contribution in [0.1, 0.15) is 64.5 Å². The van der Waals surface area contributed by atoms with Gasteiger partial charge in [0.25, 0.3) is 0 Å². The molecule has 1 saturated heterocycles. The van der Waals surface area contributed by atoms with Gasteiger partial charge in [0.1, 0.15) is 16.0 Å². The Bertz CT molecular complexity index is 885. The van der Waals surface area contributed by atoms with Crippen LogP contribution in [0.25, 0.3) is 0 Å². The zero-order chi connectivity index (χ0) is 22.9. The van der Waals surface area contributed by atoms with E-state index in [9.17, 15) is 22.2 Å². The van der Waals surface area contributed by atoms with Gasteiger partial charge >= 0.3 is 6.18 Å². The van der Waals surface area contributed by atoms with Crippen molar-refractivity contribution in [1.82, 2.24) is 5.16 Å². The van der Waals surface area contributed by atoms with Crippen molar-refractivity contribution in [2.24, 2.45) is 0 Å². The number of carbonyl (C=O) groups is 1. The summed E-state index contributed by atoms with van der Waals surface area (Å²) in [7, 11) is -3.15. The Morgan fingerprint density at radius 3 is 2.68 bits per heavy atom. The van der Waals surface area contributed by atoms with E-state index >= 15 is 0 Å². The fourth-order valence-electron chi connectivity index (χ4n) is 3.34. The maximum Gasteiger partial charge on any atom is 0.389 e. The molecule has 2 fully saturated rings. The van der Waals surface area contributed by atoms with Gasteiger partial charge in [-0.3, -0.25) is 14.3 Å². The van der Waals surface area contributed by atoms with Crippen LogP contribution in [0.4, 0.5) is 19.1 Å². The summed E-state index contributed by atoms with van der Waals surface area (Å²) in [5, 5.41) is 6.53. The first-order valence-corrected chi connectivity index (χ1v) is 12.2. The molecule has 1 aliphatic carbocycles. The minimum atomic E-state index is -4.35. The van der Waals surface area contributed by atoms with Crippen LogP contribution in [-0.4, -0.2) is 50.7 Å². The molecule has 0 radical (unpaired) electrons. The third-order valence-electron chi connectivity index (χ3n) is 5.82. The topological polar surface area (TPSA) is 90.7 Å². The molecule has 1 N–H and O–H groups in total. The molecule has 1 aromatic rings. The van der Waals surface area contributed by atoms with Crippen LogP contribution in [0.2, 0.25) is 0 Å². The summed E-state index contributed by atoms with van der Waals surface area (Å²) in [4.78, 5) is 12.7. The van der Waals surface area contributed by atoms with E-state index in [2.05, 4.69) is 16.3 Å². The molecule has 2 heterocycles. The van der Waals surface area contributed by atoms with Crippen LogP contribution in [0.15, 0.2) is 10.6 Å². The number of aromatic nitrogens is 1. The molecule has 1 aromatic heterocycles. The van der Waals surface area contributed by atoms with Gasteiger partial charge in [0.2, 0.25) is 11.8 Å². The average molecular weight is 467 g/mol. The number of hydrogen-bond donors (Lipinski definition) is 1. The first kappa shape index (κ1) is 24.1. The van der Waals surface area contributed by atoms with E-state index in [0.717, 1.165) is 32.1 Å². The lowest BCUT2D eigenvalue weighted by Gasteiger charge is -2.27. The van der Waals surface area contributed by atoms with Crippen LogP contribution < -0.4 is 5.32 Å². The van der Waals surface area contributed by atoms with Crippen molar-refractivity contribution in [3.8, 4) is 0 Å². The predicted molar refractivity (Wildman–Crippen MR) is 110 cm³/mol. The third-order valence-corrected chi connectivity index (χ3v) is 8.82. The zero-order valence-electron chi connectivity index (χ0n) is 17.8. The second kappa shape index (κ2) is 8.74. The van der Waals surface area contributed by atoms with Crippen molar-refractivity contribution in [2.75, 3.05) is 17.7 Å². The first-order chi connectivity index (χ1) is 14.3. The van der Waals surface area contributed by atoms with E-state index in [0.29, 0.717) is 12.3 Å². The average Bonchev–Trinajstić information content (AvgIpc) is 3.29. The Labute approximate surface area is 180 Å². The smallest absolute Gasteiger partial charge is 0.353 e. The van der Waals surface area contributed by atoms with Gasteiger partial charge in [0, 0.05) is 24.8 Å². The molecule has 0 aromatic carbocycles. The van der Waals surface area contributed by atoms with E-state index in [1.165, 1.54) is 13.8 Å². The molecule has 31 heavy (non-hydrogen) atoms. The van der Waals surface area contributed by atoms with Crippen molar-refractivity contribution in [1.29, 1.82) is 0 Å². The summed E-state index contributed by atoms with van der Waals surface area (Å²) in [5.41, 5.74) is -0.0585. The lowest BCUT2D eigenvalue weighted by molar-refractivity contribution is -0.201. The maximum absolute atomic E-state index is 12.9. The van der Waals surface area contributed by atoms with Crippen LogP contribution >= 0.6 is 0 Å². The predicted octanol–water partition coefficient (Wildman–Crippen LogP) is 3.98. The summed E-state index contributed by atoms with van der Waals surface area (Å²) in [6.07, 6.45) is -1.72. The molecule has 1 amide bonds. The molecular formula is C20H29F3N2O5S. The highest BCUT2D eigenvalue weighted by Crippen LogP contribution is 2.50. The van der Waals surface area contributed by atoms with Crippen molar-refractivity contribution in [3.63, 3.8) is 0 Å². The van der Waals surface area contributed by atoms with Gasteiger partial charge < -0.3 is 14.0 Å². The molecule has 0 spiro atoms. The summed E-state index contributed by atoms with van der Waals surface area (Å²) >= 11 is 0. The molecule has 176 valence electrons.